The first-order valence-corrected chi connectivity index (χ1v) is 4.63. The van der Waals surface area contributed by atoms with E-state index in [1.54, 1.807) is 12.1 Å². The van der Waals surface area contributed by atoms with Crippen LogP contribution in [0.5, 0.6) is 0 Å². The molecule has 0 fully saturated rings. The molecule has 5 nitrogen and oxygen atoms in total. The molecule has 1 rings (SSSR count). The molecular formula is C10H15NO4. The monoisotopic (exact) mass is 213 g/mol. The van der Waals surface area contributed by atoms with Crippen molar-refractivity contribution in [2.24, 2.45) is 0 Å². The minimum Gasteiger partial charge on any atom is -0.463 e. The highest BCUT2D eigenvalue weighted by molar-refractivity contribution is 5.86. The highest BCUT2D eigenvalue weighted by Gasteiger charge is 2.11. The molecule has 1 N–H and O–H groups in total. The fourth-order valence-corrected chi connectivity index (χ4v) is 1.19. The SMILES string of the molecule is COC(=O)c1ccc(CN(C)CCO)o1. The molecular weight excluding hydrogens is 198 g/mol. The second kappa shape index (κ2) is 5.53. The fraction of sp³-hybridized carbons (Fsp3) is 0.500. The van der Waals surface area contributed by atoms with Crippen LogP contribution in [0.3, 0.4) is 0 Å². The summed E-state index contributed by atoms with van der Waals surface area (Å²) in [5, 5.41) is 8.70. The number of rotatable bonds is 5. The first-order valence-electron chi connectivity index (χ1n) is 4.63. The molecule has 0 aromatic carbocycles. The molecule has 0 unspecified atom stereocenters. The number of likely N-dealkylation sites (N-methyl/N-ethyl adjacent to an activating group) is 1. The molecule has 0 aliphatic carbocycles. The van der Waals surface area contributed by atoms with Gasteiger partial charge in [-0.15, -0.1) is 0 Å². The van der Waals surface area contributed by atoms with Gasteiger partial charge >= 0.3 is 5.97 Å². The Labute approximate surface area is 88.2 Å². The van der Waals surface area contributed by atoms with E-state index >= 15 is 0 Å². The van der Waals surface area contributed by atoms with Crippen molar-refractivity contribution in [2.45, 2.75) is 6.54 Å². The number of aliphatic hydroxyl groups excluding tert-OH is 1. The number of ether oxygens (including phenoxy) is 1. The Hall–Kier alpha value is -1.33. The lowest BCUT2D eigenvalue weighted by atomic mass is 10.4. The maximum absolute atomic E-state index is 11.1. The molecule has 0 radical (unpaired) electrons. The average molecular weight is 213 g/mol. The van der Waals surface area contributed by atoms with Crippen molar-refractivity contribution in [3.05, 3.63) is 23.7 Å². The summed E-state index contributed by atoms with van der Waals surface area (Å²) < 4.78 is 9.77. The van der Waals surface area contributed by atoms with E-state index in [0.29, 0.717) is 18.8 Å². The van der Waals surface area contributed by atoms with Gasteiger partial charge in [0.15, 0.2) is 0 Å². The number of nitrogens with zero attached hydrogens (tertiary/aromatic N) is 1. The number of carbonyl (C=O) groups is 1. The van der Waals surface area contributed by atoms with E-state index in [-0.39, 0.29) is 12.4 Å². The van der Waals surface area contributed by atoms with Crippen LogP contribution in [-0.4, -0.2) is 43.3 Å². The van der Waals surface area contributed by atoms with Crippen LogP contribution in [0.2, 0.25) is 0 Å². The predicted molar refractivity (Wildman–Crippen MR) is 53.5 cm³/mol. The van der Waals surface area contributed by atoms with E-state index in [0.717, 1.165) is 0 Å². The first kappa shape index (κ1) is 11.7. The molecule has 0 aliphatic heterocycles. The molecule has 5 heteroatoms. The number of furan rings is 1. The summed E-state index contributed by atoms with van der Waals surface area (Å²) in [6, 6.07) is 3.30. The van der Waals surface area contributed by atoms with Crippen molar-refractivity contribution in [1.29, 1.82) is 0 Å². The number of hydrogen-bond donors (Lipinski definition) is 1. The van der Waals surface area contributed by atoms with Gasteiger partial charge in [0, 0.05) is 6.54 Å². The smallest absolute Gasteiger partial charge is 0.373 e. The number of methoxy groups -OCH3 is 1. The van der Waals surface area contributed by atoms with Gasteiger partial charge in [-0.3, -0.25) is 4.90 Å². The van der Waals surface area contributed by atoms with Crippen LogP contribution in [-0.2, 0) is 11.3 Å². The molecule has 1 heterocycles. The molecule has 0 bridgehead atoms. The number of carbonyl (C=O) groups excluding carboxylic acids is 1. The van der Waals surface area contributed by atoms with Gasteiger partial charge in [0.05, 0.1) is 20.3 Å². The molecule has 0 saturated heterocycles. The molecule has 1 aromatic rings. The largest absolute Gasteiger partial charge is 0.463 e. The van der Waals surface area contributed by atoms with Crippen LogP contribution in [0.25, 0.3) is 0 Å². The Balaban J connectivity index is 2.56. The standard InChI is InChI=1S/C10H15NO4/c1-11(5-6-12)7-8-3-4-9(15-8)10(13)14-2/h3-4,12H,5-7H2,1-2H3. The molecule has 84 valence electrons. The van der Waals surface area contributed by atoms with Crippen LogP contribution < -0.4 is 0 Å². The van der Waals surface area contributed by atoms with Crippen LogP contribution in [0, 0.1) is 0 Å². The third-order valence-corrected chi connectivity index (χ3v) is 1.96. The van der Waals surface area contributed by atoms with Crippen molar-refractivity contribution in [3.8, 4) is 0 Å². The molecule has 0 spiro atoms. The van der Waals surface area contributed by atoms with Gasteiger partial charge in [0.25, 0.3) is 0 Å². The van der Waals surface area contributed by atoms with Gasteiger partial charge in [0.2, 0.25) is 5.76 Å². The lowest BCUT2D eigenvalue weighted by Crippen LogP contribution is -2.21. The zero-order chi connectivity index (χ0) is 11.3. The van der Waals surface area contributed by atoms with Crippen molar-refractivity contribution in [2.75, 3.05) is 27.3 Å². The third-order valence-electron chi connectivity index (χ3n) is 1.96. The van der Waals surface area contributed by atoms with Crippen LogP contribution in [0.15, 0.2) is 16.5 Å². The summed E-state index contributed by atoms with van der Waals surface area (Å²) in [5.74, 6) is 0.391. The molecule has 0 aliphatic rings. The maximum atomic E-state index is 11.1. The average Bonchev–Trinajstić information content (AvgIpc) is 2.65. The predicted octanol–water partition coefficient (Wildman–Crippen LogP) is 0.490. The highest BCUT2D eigenvalue weighted by atomic mass is 16.5. The zero-order valence-electron chi connectivity index (χ0n) is 8.90. The highest BCUT2D eigenvalue weighted by Crippen LogP contribution is 2.10. The van der Waals surface area contributed by atoms with E-state index in [9.17, 15) is 4.79 Å². The lowest BCUT2D eigenvalue weighted by Gasteiger charge is -2.12. The van der Waals surface area contributed by atoms with Gasteiger partial charge in [-0.1, -0.05) is 0 Å². The molecule has 1 aromatic heterocycles. The summed E-state index contributed by atoms with van der Waals surface area (Å²) in [4.78, 5) is 13.0. The fourth-order valence-electron chi connectivity index (χ4n) is 1.19. The number of hydrogen-bond acceptors (Lipinski definition) is 5. The number of aliphatic hydroxyl groups is 1. The van der Waals surface area contributed by atoms with E-state index in [4.69, 9.17) is 9.52 Å². The molecule has 0 amide bonds. The Morgan fingerprint density at radius 3 is 2.93 bits per heavy atom. The topological polar surface area (TPSA) is 62.9 Å². The molecule has 0 atom stereocenters. The van der Waals surface area contributed by atoms with E-state index in [2.05, 4.69) is 4.74 Å². The van der Waals surface area contributed by atoms with Gasteiger partial charge in [-0.2, -0.15) is 0 Å². The summed E-state index contributed by atoms with van der Waals surface area (Å²) >= 11 is 0. The van der Waals surface area contributed by atoms with Crippen molar-refractivity contribution >= 4 is 5.97 Å². The quantitative estimate of drug-likeness (QED) is 0.721. The van der Waals surface area contributed by atoms with Gasteiger partial charge in [-0.05, 0) is 19.2 Å². The first-order chi connectivity index (χ1) is 7.17. The van der Waals surface area contributed by atoms with E-state index in [1.165, 1.54) is 7.11 Å². The van der Waals surface area contributed by atoms with Gasteiger partial charge < -0.3 is 14.3 Å². The number of esters is 1. The molecule has 15 heavy (non-hydrogen) atoms. The van der Waals surface area contributed by atoms with Crippen molar-refractivity contribution in [3.63, 3.8) is 0 Å². The van der Waals surface area contributed by atoms with Gasteiger partial charge in [0.1, 0.15) is 5.76 Å². The van der Waals surface area contributed by atoms with E-state index < -0.39 is 5.97 Å². The summed E-state index contributed by atoms with van der Waals surface area (Å²) in [7, 11) is 3.17. The Morgan fingerprint density at radius 2 is 2.33 bits per heavy atom. The summed E-state index contributed by atoms with van der Waals surface area (Å²) in [6.45, 7) is 1.22. The minimum atomic E-state index is -0.480. The molecule has 0 saturated carbocycles. The maximum Gasteiger partial charge on any atom is 0.373 e. The summed E-state index contributed by atoms with van der Waals surface area (Å²) in [6.07, 6.45) is 0. The van der Waals surface area contributed by atoms with Crippen molar-refractivity contribution < 1.29 is 19.1 Å². The van der Waals surface area contributed by atoms with Crippen LogP contribution in [0.4, 0.5) is 0 Å². The van der Waals surface area contributed by atoms with Gasteiger partial charge in [-0.25, -0.2) is 4.79 Å². The second-order valence-corrected chi connectivity index (χ2v) is 3.22. The summed E-state index contributed by atoms with van der Waals surface area (Å²) in [5.41, 5.74) is 0. The second-order valence-electron chi connectivity index (χ2n) is 3.22. The Bertz CT molecular complexity index is 321. The normalized spacial score (nSPS) is 10.7. The lowest BCUT2D eigenvalue weighted by molar-refractivity contribution is 0.0561. The van der Waals surface area contributed by atoms with Crippen LogP contribution >= 0.6 is 0 Å². The zero-order valence-corrected chi connectivity index (χ0v) is 8.90. The van der Waals surface area contributed by atoms with Crippen LogP contribution in [0.1, 0.15) is 16.3 Å². The minimum absolute atomic E-state index is 0.0983. The Kier molecular flexibility index (Phi) is 4.33. The third kappa shape index (κ3) is 3.38. The van der Waals surface area contributed by atoms with E-state index in [1.807, 2.05) is 11.9 Å². The Morgan fingerprint density at radius 1 is 1.60 bits per heavy atom. The van der Waals surface area contributed by atoms with Crippen molar-refractivity contribution in [1.82, 2.24) is 4.90 Å².